The zero-order chi connectivity index (χ0) is 20.6. The van der Waals surface area contributed by atoms with Crippen molar-refractivity contribution < 1.29 is 39.9 Å². The minimum absolute atomic E-state index is 0.139. The number of carbonyl (C=O) groups excluding carboxylic acids is 1. The average molecular weight is 398 g/mol. The summed E-state index contributed by atoms with van der Waals surface area (Å²) in [7, 11) is 0. The Labute approximate surface area is 148 Å². The van der Waals surface area contributed by atoms with Gasteiger partial charge in [-0.25, -0.2) is 0 Å². The van der Waals surface area contributed by atoms with Crippen LogP contribution in [-0.2, 0) is 4.79 Å². The summed E-state index contributed by atoms with van der Waals surface area (Å²) in [5.41, 5.74) is 0. The van der Waals surface area contributed by atoms with Crippen LogP contribution >= 0.6 is 0 Å². The Bertz CT molecular complexity index is 396. The fraction of sp³-hybridized carbons (Fsp3) is 0.941. The molecule has 0 saturated carbocycles. The van der Waals surface area contributed by atoms with Crippen LogP contribution in [0.15, 0.2) is 0 Å². The smallest absolute Gasteiger partial charge is 0.286 e. The molecular weight excluding hydrogens is 372 g/mol. The highest BCUT2D eigenvalue weighted by Crippen LogP contribution is 2.47. The van der Waals surface area contributed by atoms with Crippen molar-refractivity contribution in [3.05, 3.63) is 0 Å². The van der Waals surface area contributed by atoms with E-state index in [1.54, 1.807) is 13.8 Å². The first-order valence-corrected chi connectivity index (χ1v) is 8.84. The Balaban J connectivity index is 5.17. The van der Waals surface area contributed by atoms with E-state index >= 15 is 0 Å². The second-order valence-electron chi connectivity index (χ2n) is 6.51. The minimum Gasteiger partial charge on any atom is -0.286 e. The van der Waals surface area contributed by atoms with Crippen LogP contribution in [0.5, 0.6) is 0 Å². The van der Waals surface area contributed by atoms with Crippen LogP contribution in [0.2, 0.25) is 0 Å². The Morgan fingerprint density at radius 3 is 1.15 bits per heavy atom. The van der Waals surface area contributed by atoms with Gasteiger partial charge in [0.05, 0.1) is 0 Å². The number of halogens is 8. The summed E-state index contributed by atoms with van der Waals surface area (Å²) in [6.45, 7) is 3.47. The van der Waals surface area contributed by atoms with E-state index in [0.717, 1.165) is 0 Å². The molecule has 156 valence electrons. The number of unbranched alkanes of at least 4 members (excludes halogenated alkanes) is 6. The van der Waals surface area contributed by atoms with E-state index in [4.69, 9.17) is 0 Å². The maximum absolute atomic E-state index is 13.7. The Morgan fingerprint density at radius 2 is 0.885 bits per heavy atom. The maximum atomic E-state index is 13.7. The van der Waals surface area contributed by atoms with Gasteiger partial charge in [-0.1, -0.05) is 52.4 Å². The Kier molecular flexibility index (Phi) is 9.54. The zero-order valence-corrected chi connectivity index (χ0v) is 15.0. The molecule has 0 aliphatic heterocycles. The highest BCUT2D eigenvalue weighted by Gasteiger charge is 2.73. The summed E-state index contributed by atoms with van der Waals surface area (Å²) in [6.07, 6.45) is -1.48. The van der Waals surface area contributed by atoms with Gasteiger partial charge in [-0.05, 0) is 12.8 Å². The highest BCUT2D eigenvalue weighted by molar-refractivity contribution is 5.93. The molecule has 0 unspecified atom stereocenters. The topological polar surface area (TPSA) is 17.1 Å². The van der Waals surface area contributed by atoms with Gasteiger partial charge in [0.15, 0.2) is 0 Å². The van der Waals surface area contributed by atoms with Gasteiger partial charge in [-0.2, -0.15) is 35.1 Å². The fourth-order valence-electron chi connectivity index (χ4n) is 2.39. The predicted octanol–water partition coefficient (Wildman–Crippen LogP) is 7.04. The van der Waals surface area contributed by atoms with E-state index in [2.05, 4.69) is 0 Å². The number of carbonyl (C=O) groups is 1. The molecule has 0 aliphatic carbocycles. The number of Topliss-reactive ketones (excluding diaryl/α,β-unsaturated/α-hetero) is 1. The molecule has 0 aromatic rings. The Morgan fingerprint density at radius 1 is 0.577 bits per heavy atom. The largest absolute Gasteiger partial charge is 0.373 e. The molecule has 0 bridgehead atoms. The second-order valence-corrected chi connectivity index (χ2v) is 6.51. The third-order valence-corrected chi connectivity index (χ3v) is 4.18. The first-order chi connectivity index (χ1) is 11.8. The molecule has 0 aromatic heterocycles. The molecule has 9 heteroatoms. The van der Waals surface area contributed by atoms with Gasteiger partial charge >= 0.3 is 23.7 Å². The van der Waals surface area contributed by atoms with Crippen molar-refractivity contribution in [2.45, 2.75) is 102 Å². The summed E-state index contributed by atoms with van der Waals surface area (Å²) >= 11 is 0. The SMILES string of the molecule is CCCCCCC(F)(F)C(F)(F)C(=O)C(F)(F)C(F)(F)CCCCCC. The molecule has 0 saturated heterocycles. The standard InChI is InChI=1S/C17H26F8O/c1-3-5-7-9-11-14(18,19)16(22,23)13(26)17(24,25)15(20,21)12-10-8-6-4-2/h3-12H2,1-2H3. The molecule has 0 radical (unpaired) electrons. The van der Waals surface area contributed by atoms with Gasteiger partial charge in [-0.15, -0.1) is 0 Å². The van der Waals surface area contributed by atoms with Crippen molar-refractivity contribution in [3.8, 4) is 0 Å². The zero-order valence-electron chi connectivity index (χ0n) is 15.0. The highest BCUT2D eigenvalue weighted by atomic mass is 19.3. The molecule has 0 atom stereocenters. The van der Waals surface area contributed by atoms with Gasteiger partial charge in [0.1, 0.15) is 0 Å². The van der Waals surface area contributed by atoms with Crippen molar-refractivity contribution in [1.82, 2.24) is 0 Å². The van der Waals surface area contributed by atoms with Crippen molar-refractivity contribution in [3.63, 3.8) is 0 Å². The lowest BCUT2D eigenvalue weighted by molar-refractivity contribution is -0.255. The van der Waals surface area contributed by atoms with Crippen molar-refractivity contribution >= 4 is 5.78 Å². The molecule has 0 N–H and O–H groups in total. The van der Waals surface area contributed by atoms with Crippen LogP contribution in [0.3, 0.4) is 0 Å². The lowest BCUT2D eigenvalue weighted by atomic mass is 9.92. The third-order valence-electron chi connectivity index (χ3n) is 4.18. The van der Waals surface area contributed by atoms with Crippen LogP contribution in [0.25, 0.3) is 0 Å². The van der Waals surface area contributed by atoms with Crippen LogP contribution < -0.4 is 0 Å². The predicted molar refractivity (Wildman–Crippen MR) is 82.3 cm³/mol. The average Bonchev–Trinajstić information content (AvgIpc) is 2.54. The lowest BCUT2D eigenvalue weighted by Crippen LogP contribution is -2.59. The number of rotatable bonds is 14. The maximum Gasteiger partial charge on any atom is 0.373 e. The van der Waals surface area contributed by atoms with Gasteiger partial charge in [0.25, 0.3) is 5.78 Å². The van der Waals surface area contributed by atoms with E-state index in [1.807, 2.05) is 0 Å². The summed E-state index contributed by atoms with van der Waals surface area (Å²) in [4.78, 5) is 11.3. The van der Waals surface area contributed by atoms with Gasteiger partial charge in [-0.3, -0.25) is 4.79 Å². The molecule has 0 spiro atoms. The van der Waals surface area contributed by atoms with Gasteiger partial charge in [0.2, 0.25) is 0 Å². The van der Waals surface area contributed by atoms with E-state index in [0.29, 0.717) is 25.7 Å². The molecule has 0 aromatic carbocycles. The molecule has 0 fully saturated rings. The summed E-state index contributed by atoms with van der Waals surface area (Å²) in [6, 6.07) is 0. The molecule has 0 rings (SSSR count). The molecule has 0 heterocycles. The van der Waals surface area contributed by atoms with Gasteiger partial charge in [0, 0.05) is 12.8 Å². The quantitative estimate of drug-likeness (QED) is 0.227. The van der Waals surface area contributed by atoms with E-state index in [1.165, 1.54) is 0 Å². The van der Waals surface area contributed by atoms with E-state index in [9.17, 15) is 39.9 Å². The van der Waals surface area contributed by atoms with Crippen molar-refractivity contribution in [2.24, 2.45) is 0 Å². The first-order valence-electron chi connectivity index (χ1n) is 8.84. The lowest BCUT2D eigenvalue weighted by Gasteiger charge is -2.31. The number of ketones is 1. The number of alkyl halides is 8. The van der Waals surface area contributed by atoms with Crippen LogP contribution in [0.4, 0.5) is 35.1 Å². The molecule has 0 aliphatic rings. The summed E-state index contributed by atoms with van der Waals surface area (Å²) < 4.78 is 109. The van der Waals surface area contributed by atoms with Crippen LogP contribution in [0.1, 0.15) is 78.1 Å². The Hall–Kier alpha value is -0.890. The minimum atomic E-state index is -5.87. The summed E-state index contributed by atoms with van der Waals surface area (Å²) in [5.74, 6) is -25.7. The second kappa shape index (κ2) is 9.88. The van der Waals surface area contributed by atoms with Crippen LogP contribution in [0, 0.1) is 0 Å². The van der Waals surface area contributed by atoms with Gasteiger partial charge < -0.3 is 0 Å². The third kappa shape index (κ3) is 6.08. The van der Waals surface area contributed by atoms with Crippen molar-refractivity contribution in [2.75, 3.05) is 0 Å². The first kappa shape index (κ1) is 25.1. The monoisotopic (exact) mass is 398 g/mol. The van der Waals surface area contributed by atoms with Crippen molar-refractivity contribution in [1.29, 1.82) is 0 Å². The number of hydrogen-bond acceptors (Lipinski definition) is 1. The molecular formula is C17H26F8O. The van der Waals surface area contributed by atoms with E-state index in [-0.39, 0.29) is 12.8 Å². The normalized spacial score (nSPS) is 13.9. The molecule has 1 nitrogen and oxygen atoms in total. The molecule has 0 amide bonds. The van der Waals surface area contributed by atoms with Crippen LogP contribution in [-0.4, -0.2) is 29.5 Å². The summed E-state index contributed by atoms with van der Waals surface area (Å²) in [5, 5.41) is 0. The molecule has 26 heavy (non-hydrogen) atoms. The van der Waals surface area contributed by atoms with E-state index < -0.39 is 55.2 Å². The fourth-order valence-corrected chi connectivity index (χ4v) is 2.39. The number of hydrogen-bond donors (Lipinski definition) is 0.